The first-order valence-corrected chi connectivity index (χ1v) is 22.9. The summed E-state index contributed by atoms with van der Waals surface area (Å²) in [5.41, 5.74) is 0.0199. The molecule has 0 aromatic rings. The number of aliphatic hydroxyl groups excluding tert-OH is 2. The van der Waals surface area contributed by atoms with Crippen molar-refractivity contribution in [2.24, 2.45) is 23.7 Å². The maximum absolute atomic E-state index is 14.3. The van der Waals surface area contributed by atoms with E-state index in [1.165, 1.54) is 0 Å². The second kappa shape index (κ2) is 20.9. The Hall–Kier alpha value is -2.31. The van der Waals surface area contributed by atoms with Crippen molar-refractivity contribution in [2.45, 2.75) is 192 Å². The molecule has 350 valence electrons. The van der Waals surface area contributed by atoms with Crippen LogP contribution >= 0.6 is 0 Å². The van der Waals surface area contributed by atoms with E-state index < -0.39 is 90.6 Å². The number of fused-ring (bicyclic) bond motifs is 2. The summed E-state index contributed by atoms with van der Waals surface area (Å²) in [6.07, 6.45) is 8.48. The quantitative estimate of drug-likeness (QED) is 0.0907. The lowest BCUT2D eigenvalue weighted by molar-refractivity contribution is -0.375. The smallest absolute Gasteiger partial charge is 0.316 e. The molecule has 0 radical (unpaired) electrons. The van der Waals surface area contributed by atoms with Crippen molar-refractivity contribution in [3.8, 4) is 0 Å². The molecule has 14 nitrogen and oxygen atoms in total. The number of carbonyl (C=O) groups is 1. The molecule has 0 amide bonds. The fourth-order valence-corrected chi connectivity index (χ4v) is 10.0. The van der Waals surface area contributed by atoms with Gasteiger partial charge in [-0.25, -0.2) is 9.78 Å². The first-order valence-electron chi connectivity index (χ1n) is 22.9. The highest BCUT2D eigenvalue weighted by Crippen LogP contribution is 2.47. The molecule has 5 heterocycles. The molecule has 2 bridgehead atoms. The standard InChI is InChI=1S/C48H74O14/c1-12-26(3)42-29(6)19-20-47(60-42)24-35-22-34(59-47)18-17-28(5)43(62-61-32(9)44(37(13-2)53-10)58-39-23-38(54-11)41(50)31(8)56-39)27(4)15-14-16-33-25-55-45-40(49)30(7)21-36(46(51)57-35)48(33,45)52/h14-17,19-21,26-27,29,31-32,34-45,49-50,52H,12-13,18,22-25H2,1-11H3/b15-14+,28-17+,33-16+. The Balaban J connectivity index is 1.32. The zero-order valence-corrected chi connectivity index (χ0v) is 38.6. The highest BCUT2D eigenvalue weighted by Gasteiger charge is 2.60. The molecule has 3 saturated heterocycles. The summed E-state index contributed by atoms with van der Waals surface area (Å²) >= 11 is 0. The van der Waals surface area contributed by atoms with Gasteiger partial charge in [-0.1, -0.05) is 77.5 Å². The Bertz CT molecular complexity index is 1670. The molecule has 3 fully saturated rings. The molecule has 62 heavy (non-hydrogen) atoms. The van der Waals surface area contributed by atoms with Crippen LogP contribution < -0.4 is 0 Å². The number of hydrogen-bond donors (Lipinski definition) is 3. The SMILES string of the molecule is CCC(C)C1OC2(C=CC1C)CC1CC(C/C=C(\C)C(OOC(C)C(OC3CC(OC)C(O)C(C)O3)C(CC)OC)C(C)/C=C/C=C3\COC4C(O)C(C)=CC(C(=O)O1)C34O)O2. The summed E-state index contributed by atoms with van der Waals surface area (Å²) in [5.74, 6) is -2.68. The van der Waals surface area contributed by atoms with Crippen LogP contribution in [0.3, 0.4) is 0 Å². The molecule has 1 aliphatic carbocycles. The Labute approximate surface area is 368 Å². The maximum Gasteiger partial charge on any atom is 0.316 e. The third-order valence-electron chi connectivity index (χ3n) is 14.1. The lowest BCUT2D eigenvalue weighted by Gasteiger charge is -2.48. The van der Waals surface area contributed by atoms with Crippen LogP contribution in [-0.2, 0) is 52.5 Å². The van der Waals surface area contributed by atoms with Crippen molar-refractivity contribution < 1.29 is 67.8 Å². The number of esters is 1. The molecule has 5 aliphatic heterocycles. The minimum absolute atomic E-state index is 0.0185. The molecule has 6 aliphatic rings. The molecule has 0 saturated carbocycles. The van der Waals surface area contributed by atoms with Gasteiger partial charge < -0.3 is 53.2 Å². The van der Waals surface area contributed by atoms with Gasteiger partial charge in [0, 0.05) is 45.3 Å². The molecule has 0 aromatic heterocycles. The predicted octanol–water partition coefficient (Wildman–Crippen LogP) is 5.97. The van der Waals surface area contributed by atoms with Crippen LogP contribution in [0.15, 0.2) is 59.3 Å². The number of carbonyl (C=O) groups excluding carboxylic acids is 1. The van der Waals surface area contributed by atoms with Crippen molar-refractivity contribution in [1.82, 2.24) is 0 Å². The van der Waals surface area contributed by atoms with Crippen molar-refractivity contribution in [1.29, 1.82) is 0 Å². The Morgan fingerprint density at radius 2 is 1.73 bits per heavy atom. The first-order chi connectivity index (χ1) is 29.5. The summed E-state index contributed by atoms with van der Waals surface area (Å²) in [5, 5.41) is 34.3. The van der Waals surface area contributed by atoms with Gasteiger partial charge in [-0.3, -0.25) is 4.79 Å². The van der Waals surface area contributed by atoms with Gasteiger partial charge in [0.2, 0.25) is 0 Å². The Morgan fingerprint density at radius 3 is 2.42 bits per heavy atom. The number of allylic oxidation sites excluding steroid dienone is 2. The number of hydrogen-bond acceptors (Lipinski definition) is 14. The molecule has 19 unspecified atom stereocenters. The van der Waals surface area contributed by atoms with Gasteiger partial charge in [-0.05, 0) is 69.2 Å². The van der Waals surface area contributed by atoms with E-state index in [0.717, 1.165) is 12.0 Å². The van der Waals surface area contributed by atoms with E-state index in [9.17, 15) is 20.1 Å². The molecule has 6 rings (SSSR count). The van der Waals surface area contributed by atoms with Crippen LogP contribution in [0.1, 0.15) is 101 Å². The van der Waals surface area contributed by atoms with Crippen LogP contribution in [0, 0.1) is 23.7 Å². The second-order valence-electron chi connectivity index (χ2n) is 18.6. The highest BCUT2D eigenvalue weighted by molar-refractivity contribution is 5.78. The average Bonchev–Trinajstić information content (AvgIpc) is 3.59. The van der Waals surface area contributed by atoms with Gasteiger partial charge in [0.15, 0.2) is 12.1 Å². The van der Waals surface area contributed by atoms with Crippen LogP contribution in [0.4, 0.5) is 0 Å². The Kier molecular flexibility index (Phi) is 16.6. The van der Waals surface area contributed by atoms with Gasteiger partial charge in [0.1, 0.15) is 54.2 Å². The average molecular weight is 875 g/mol. The monoisotopic (exact) mass is 875 g/mol. The van der Waals surface area contributed by atoms with Crippen molar-refractivity contribution in [3.63, 3.8) is 0 Å². The molecule has 14 heteroatoms. The minimum Gasteiger partial charge on any atom is -0.462 e. The van der Waals surface area contributed by atoms with E-state index in [1.807, 2.05) is 45.9 Å². The van der Waals surface area contributed by atoms with E-state index in [0.29, 0.717) is 36.8 Å². The zero-order chi connectivity index (χ0) is 45.1. The van der Waals surface area contributed by atoms with Crippen molar-refractivity contribution in [3.05, 3.63) is 59.3 Å². The highest BCUT2D eigenvalue weighted by atomic mass is 17.2. The fourth-order valence-electron chi connectivity index (χ4n) is 10.0. The van der Waals surface area contributed by atoms with E-state index in [-0.39, 0.29) is 43.0 Å². The van der Waals surface area contributed by atoms with Gasteiger partial charge in [-0.2, -0.15) is 0 Å². The minimum atomic E-state index is -1.85. The van der Waals surface area contributed by atoms with Gasteiger partial charge in [0.05, 0.1) is 37.1 Å². The zero-order valence-electron chi connectivity index (χ0n) is 38.6. The van der Waals surface area contributed by atoms with E-state index in [2.05, 4.69) is 32.9 Å². The van der Waals surface area contributed by atoms with E-state index in [1.54, 1.807) is 40.2 Å². The largest absolute Gasteiger partial charge is 0.462 e. The van der Waals surface area contributed by atoms with E-state index >= 15 is 0 Å². The lowest BCUT2D eigenvalue weighted by atomic mass is 9.71. The maximum atomic E-state index is 14.3. The molecule has 0 aromatic carbocycles. The summed E-state index contributed by atoms with van der Waals surface area (Å²) in [7, 11) is 3.19. The fraction of sp³-hybridized carbons (Fsp3) is 0.771. The molecule has 19 atom stereocenters. The summed E-state index contributed by atoms with van der Waals surface area (Å²) in [6.45, 7) is 17.9. The first kappa shape index (κ1) is 49.1. The molecule has 3 N–H and O–H groups in total. The normalized spacial score (nSPS) is 44.5. The summed E-state index contributed by atoms with van der Waals surface area (Å²) in [6, 6.07) is 0. The van der Waals surface area contributed by atoms with Crippen LogP contribution in [0.2, 0.25) is 0 Å². The molecular weight excluding hydrogens is 801 g/mol. The number of ether oxygens (including phenoxy) is 8. The van der Waals surface area contributed by atoms with Crippen molar-refractivity contribution in [2.75, 3.05) is 20.8 Å². The third-order valence-corrected chi connectivity index (χ3v) is 14.1. The predicted molar refractivity (Wildman–Crippen MR) is 229 cm³/mol. The second-order valence-corrected chi connectivity index (χ2v) is 18.6. The Morgan fingerprint density at radius 1 is 0.968 bits per heavy atom. The third kappa shape index (κ3) is 10.4. The summed E-state index contributed by atoms with van der Waals surface area (Å²) in [4.78, 5) is 27.0. The lowest BCUT2D eigenvalue weighted by Crippen LogP contribution is -2.58. The van der Waals surface area contributed by atoms with Crippen LogP contribution in [-0.4, -0.2) is 133 Å². The number of methoxy groups -OCH3 is 2. The van der Waals surface area contributed by atoms with Crippen LogP contribution in [0.25, 0.3) is 0 Å². The van der Waals surface area contributed by atoms with Gasteiger partial charge in [0.25, 0.3) is 0 Å². The number of aliphatic hydroxyl groups is 3. The topological polar surface area (TPSA) is 170 Å². The van der Waals surface area contributed by atoms with Crippen molar-refractivity contribution >= 4 is 5.97 Å². The number of rotatable bonds is 12. The summed E-state index contributed by atoms with van der Waals surface area (Å²) < 4.78 is 50.2. The molecular formula is C48H74O14. The molecule has 1 spiro atoms. The van der Waals surface area contributed by atoms with Gasteiger partial charge in [-0.15, -0.1) is 0 Å². The van der Waals surface area contributed by atoms with Gasteiger partial charge >= 0.3 is 5.97 Å². The van der Waals surface area contributed by atoms with Crippen LogP contribution in [0.5, 0.6) is 0 Å². The van der Waals surface area contributed by atoms with E-state index in [4.69, 9.17) is 47.7 Å².